The van der Waals surface area contributed by atoms with Crippen molar-refractivity contribution >= 4 is 17.6 Å². The van der Waals surface area contributed by atoms with Gasteiger partial charge in [0, 0.05) is 11.5 Å². The minimum atomic E-state index is -1.43. The number of fused-ring (bicyclic) bond motifs is 3. The van der Waals surface area contributed by atoms with E-state index < -0.39 is 23.1 Å². The van der Waals surface area contributed by atoms with Crippen LogP contribution in [0.4, 0.5) is 0 Å². The molecular formula is C24H31ClO6. The van der Waals surface area contributed by atoms with E-state index in [1.54, 1.807) is 6.92 Å². The first-order valence-corrected chi connectivity index (χ1v) is 11.1. The number of phenols is 1. The maximum absolute atomic E-state index is 13.0. The van der Waals surface area contributed by atoms with Crippen LogP contribution in [-0.4, -0.2) is 46.7 Å². The van der Waals surface area contributed by atoms with Crippen LogP contribution < -0.4 is 4.74 Å². The highest BCUT2D eigenvalue weighted by molar-refractivity contribution is 6.33. The van der Waals surface area contributed by atoms with Crippen LogP contribution in [0.3, 0.4) is 0 Å². The van der Waals surface area contributed by atoms with Crippen LogP contribution in [0.25, 0.3) is 0 Å². The second kappa shape index (κ2) is 7.12. The van der Waals surface area contributed by atoms with Crippen molar-refractivity contribution < 1.29 is 29.6 Å². The maximum Gasteiger partial charge on any atom is 0.342 e. The molecule has 0 aromatic heterocycles. The lowest BCUT2D eigenvalue weighted by atomic mass is 9.44. The number of ether oxygens (including phenoxy) is 2. The second-order valence-corrected chi connectivity index (χ2v) is 10.8. The highest BCUT2D eigenvalue weighted by Gasteiger charge is 2.72. The van der Waals surface area contributed by atoms with E-state index in [-0.39, 0.29) is 40.0 Å². The lowest BCUT2D eigenvalue weighted by Gasteiger charge is -2.65. The van der Waals surface area contributed by atoms with Crippen LogP contribution in [-0.2, 0) is 4.74 Å². The third kappa shape index (κ3) is 3.02. The molecule has 1 aromatic rings. The Hall–Kier alpha value is -1.76. The quantitative estimate of drug-likeness (QED) is 0.473. The summed E-state index contributed by atoms with van der Waals surface area (Å²) in [5.74, 6) is -0.243. The summed E-state index contributed by atoms with van der Waals surface area (Å²) in [5, 5.41) is 32.4. The standard InChI is InChI=1S/C24H31ClO6/c1-12-19(16(27)7-17(30-5)20(12)25)21(28)31-18-10-23(4)15-9-22(2,3)8-13(15)6-14(11-26)24(18,23)29/h6-7,13,15,18,26-27,29H,8-11H2,1-5H3/t13-,15+,18-,23-,24+/m1/s1. The first kappa shape index (κ1) is 22.4. The number of aliphatic hydroxyl groups excluding tert-OH is 1. The maximum atomic E-state index is 13.0. The molecule has 0 bridgehead atoms. The van der Waals surface area contributed by atoms with Crippen LogP contribution in [0.5, 0.6) is 11.5 Å². The van der Waals surface area contributed by atoms with Gasteiger partial charge >= 0.3 is 5.97 Å². The number of esters is 1. The highest BCUT2D eigenvalue weighted by Crippen LogP contribution is 2.68. The van der Waals surface area contributed by atoms with Crippen molar-refractivity contribution in [1.82, 2.24) is 0 Å². The SMILES string of the molecule is COc1cc(O)c(C(=O)O[C@@H]2C[C@]3(C)[C@H]4CC(C)(C)C[C@H]4C=C(CO)[C@]23O)c(C)c1Cl. The molecule has 0 amide bonds. The number of rotatable bonds is 4. The van der Waals surface area contributed by atoms with Crippen molar-refractivity contribution in [2.24, 2.45) is 22.7 Å². The molecule has 2 fully saturated rings. The molecule has 0 saturated heterocycles. The normalized spacial score (nSPS) is 35.5. The number of carbonyl (C=O) groups is 1. The summed E-state index contributed by atoms with van der Waals surface area (Å²) in [7, 11) is 1.42. The van der Waals surface area contributed by atoms with Crippen molar-refractivity contribution in [3.63, 3.8) is 0 Å². The van der Waals surface area contributed by atoms with Crippen LogP contribution in [0, 0.1) is 29.6 Å². The zero-order valence-corrected chi connectivity index (χ0v) is 19.4. The third-order valence-electron chi connectivity index (χ3n) is 8.04. The van der Waals surface area contributed by atoms with E-state index in [2.05, 4.69) is 13.8 Å². The van der Waals surface area contributed by atoms with Crippen LogP contribution in [0.15, 0.2) is 17.7 Å². The molecule has 1 aromatic carbocycles. The van der Waals surface area contributed by atoms with Gasteiger partial charge in [0.2, 0.25) is 0 Å². The fraction of sp³-hybridized carbons (Fsp3) is 0.625. The fourth-order valence-electron chi connectivity index (χ4n) is 6.44. The number of aliphatic hydroxyl groups is 2. The molecule has 31 heavy (non-hydrogen) atoms. The van der Waals surface area contributed by atoms with Gasteiger partial charge in [0.25, 0.3) is 0 Å². The molecule has 0 radical (unpaired) electrons. The molecule has 0 aliphatic heterocycles. The average molecular weight is 451 g/mol. The van der Waals surface area contributed by atoms with Crippen molar-refractivity contribution in [3.05, 3.63) is 33.9 Å². The summed E-state index contributed by atoms with van der Waals surface area (Å²) < 4.78 is 10.9. The number of phenolic OH excluding ortho intramolecular Hbond substituents is 1. The fourth-order valence-corrected chi connectivity index (χ4v) is 6.67. The molecule has 0 unspecified atom stereocenters. The van der Waals surface area contributed by atoms with Crippen molar-refractivity contribution in [2.45, 2.75) is 58.7 Å². The Kier molecular flexibility index (Phi) is 5.15. The molecule has 0 spiro atoms. The molecule has 0 heterocycles. The molecule has 7 heteroatoms. The van der Waals surface area contributed by atoms with Crippen molar-refractivity contribution in [1.29, 1.82) is 0 Å². The molecule has 6 nitrogen and oxygen atoms in total. The molecule has 3 aliphatic carbocycles. The van der Waals surface area contributed by atoms with Gasteiger partial charge in [0.15, 0.2) is 0 Å². The van der Waals surface area contributed by atoms with E-state index in [1.807, 2.05) is 13.0 Å². The lowest BCUT2D eigenvalue weighted by molar-refractivity contribution is -0.250. The Morgan fingerprint density at radius 2 is 1.94 bits per heavy atom. The number of aromatic hydroxyl groups is 1. The number of carbonyl (C=O) groups excluding carboxylic acids is 1. The van der Waals surface area contributed by atoms with E-state index in [9.17, 15) is 20.1 Å². The van der Waals surface area contributed by atoms with Crippen LogP contribution in [0.2, 0.25) is 5.02 Å². The molecule has 2 saturated carbocycles. The Labute approximate surface area is 187 Å². The summed E-state index contributed by atoms with van der Waals surface area (Å²) in [4.78, 5) is 13.0. The van der Waals surface area contributed by atoms with Gasteiger partial charge in [-0.05, 0) is 54.6 Å². The molecule has 170 valence electrons. The summed E-state index contributed by atoms with van der Waals surface area (Å²) in [5.41, 5.74) is -0.946. The number of methoxy groups -OCH3 is 1. The van der Waals surface area contributed by atoms with Gasteiger partial charge in [-0.2, -0.15) is 0 Å². The second-order valence-electron chi connectivity index (χ2n) is 10.4. The van der Waals surface area contributed by atoms with Gasteiger partial charge in [-0.1, -0.05) is 38.4 Å². The van der Waals surface area contributed by atoms with E-state index in [1.165, 1.54) is 13.2 Å². The lowest BCUT2D eigenvalue weighted by Crippen LogP contribution is -2.73. The number of allylic oxidation sites excluding steroid dienone is 1. The summed E-state index contributed by atoms with van der Waals surface area (Å²) >= 11 is 6.26. The van der Waals surface area contributed by atoms with Gasteiger partial charge in [0.05, 0.1) is 18.7 Å². The molecule has 3 N–H and O–H groups in total. The van der Waals surface area contributed by atoms with Gasteiger partial charge in [0.1, 0.15) is 28.8 Å². The first-order chi connectivity index (χ1) is 14.4. The van der Waals surface area contributed by atoms with E-state index in [0.29, 0.717) is 23.5 Å². The predicted octanol–water partition coefficient (Wildman–Crippen LogP) is 4.01. The van der Waals surface area contributed by atoms with Gasteiger partial charge < -0.3 is 24.8 Å². The Balaban J connectivity index is 1.65. The minimum absolute atomic E-state index is 0.0479. The minimum Gasteiger partial charge on any atom is -0.507 e. The summed E-state index contributed by atoms with van der Waals surface area (Å²) in [6.07, 6.45) is 3.66. The van der Waals surface area contributed by atoms with Crippen LogP contribution in [0.1, 0.15) is 56.0 Å². The van der Waals surface area contributed by atoms with E-state index >= 15 is 0 Å². The van der Waals surface area contributed by atoms with Gasteiger partial charge in [-0.15, -0.1) is 0 Å². The predicted molar refractivity (Wildman–Crippen MR) is 116 cm³/mol. The largest absolute Gasteiger partial charge is 0.507 e. The summed E-state index contributed by atoms with van der Waals surface area (Å²) in [6.45, 7) is 7.81. The number of benzene rings is 1. The monoisotopic (exact) mass is 450 g/mol. The van der Waals surface area contributed by atoms with Crippen LogP contribution >= 0.6 is 11.6 Å². The van der Waals surface area contributed by atoms with Crippen molar-refractivity contribution in [2.75, 3.05) is 13.7 Å². The number of halogens is 1. The smallest absolute Gasteiger partial charge is 0.342 e. The highest BCUT2D eigenvalue weighted by atomic mass is 35.5. The van der Waals surface area contributed by atoms with E-state index in [4.69, 9.17) is 21.1 Å². The third-order valence-corrected chi connectivity index (χ3v) is 8.50. The first-order valence-electron chi connectivity index (χ1n) is 10.7. The van der Waals surface area contributed by atoms with E-state index in [0.717, 1.165) is 12.8 Å². The summed E-state index contributed by atoms with van der Waals surface area (Å²) in [6, 6.07) is 1.27. The molecule has 3 aliphatic rings. The number of hydrogen-bond acceptors (Lipinski definition) is 6. The Bertz CT molecular complexity index is 969. The zero-order chi connectivity index (χ0) is 22.9. The molecule has 5 atom stereocenters. The Morgan fingerprint density at radius 1 is 1.26 bits per heavy atom. The van der Waals surface area contributed by atoms with Gasteiger partial charge in [-0.25, -0.2) is 4.79 Å². The molecule has 4 rings (SSSR count). The average Bonchev–Trinajstić information content (AvgIpc) is 3.01. The zero-order valence-electron chi connectivity index (χ0n) is 18.7. The Morgan fingerprint density at radius 3 is 2.55 bits per heavy atom. The van der Waals surface area contributed by atoms with Gasteiger partial charge in [-0.3, -0.25) is 0 Å². The number of hydrogen-bond donors (Lipinski definition) is 3. The molecular weight excluding hydrogens is 420 g/mol. The topological polar surface area (TPSA) is 96.2 Å². The van der Waals surface area contributed by atoms with Crippen molar-refractivity contribution in [3.8, 4) is 11.5 Å².